The molecule has 0 spiro atoms. The molecule has 3 aromatic rings. The molecule has 26 heavy (non-hydrogen) atoms. The van der Waals surface area contributed by atoms with E-state index in [-0.39, 0.29) is 11.7 Å². The van der Waals surface area contributed by atoms with Crippen LogP contribution in [0.25, 0.3) is 5.69 Å². The van der Waals surface area contributed by atoms with Crippen LogP contribution < -0.4 is 5.32 Å². The predicted molar refractivity (Wildman–Crippen MR) is 106 cm³/mol. The number of tetrazole rings is 1. The van der Waals surface area contributed by atoms with Gasteiger partial charge >= 0.3 is 0 Å². The first-order chi connectivity index (χ1) is 12.6. The van der Waals surface area contributed by atoms with Crippen LogP contribution in [0.4, 0.5) is 5.69 Å². The van der Waals surface area contributed by atoms with Gasteiger partial charge in [-0.3, -0.25) is 4.79 Å². The van der Waals surface area contributed by atoms with E-state index in [1.807, 2.05) is 56.5 Å². The summed E-state index contributed by atoms with van der Waals surface area (Å²) in [6, 6.07) is 13.9. The van der Waals surface area contributed by atoms with E-state index in [9.17, 15) is 4.79 Å². The minimum atomic E-state index is -0.0912. The lowest BCUT2D eigenvalue weighted by molar-refractivity contribution is -0.113. The summed E-state index contributed by atoms with van der Waals surface area (Å²) in [5, 5.41) is 15.4. The quantitative estimate of drug-likeness (QED) is 0.652. The third-order valence-electron chi connectivity index (χ3n) is 3.61. The van der Waals surface area contributed by atoms with E-state index >= 15 is 0 Å². The summed E-state index contributed by atoms with van der Waals surface area (Å²) in [6.07, 6.45) is 1.98. The molecule has 0 bridgehead atoms. The standard InChI is InChI=1S/C18H19N5OS2/c1-12-8-13(2)10-14(9-12)23-18(20-21-22-23)26-11-17(24)19-15-6-4-5-7-16(15)25-3/h4-10H,11H2,1-3H3,(H,19,24). The van der Waals surface area contributed by atoms with Crippen LogP contribution in [0.1, 0.15) is 11.1 Å². The lowest BCUT2D eigenvalue weighted by Crippen LogP contribution is -2.15. The number of nitrogens with one attached hydrogen (secondary N) is 1. The highest BCUT2D eigenvalue weighted by Gasteiger charge is 2.13. The zero-order valence-electron chi connectivity index (χ0n) is 14.8. The van der Waals surface area contributed by atoms with Crippen molar-refractivity contribution >= 4 is 35.1 Å². The molecule has 134 valence electrons. The van der Waals surface area contributed by atoms with Crippen LogP contribution >= 0.6 is 23.5 Å². The van der Waals surface area contributed by atoms with Crippen LogP contribution in [-0.4, -0.2) is 38.1 Å². The zero-order chi connectivity index (χ0) is 18.5. The second kappa shape index (κ2) is 8.37. The molecule has 0 unspecified atom stereocenters. The zero-order valence-corrected chi connectivity index (χ0v) is 16.4. The number of para-hydroxylation sites is 1. The number of aryl methyl sites for hydroxylation is 2. The monoisotopic (exact) mass is 385 g/mol. The molecule has 0 saturated heterocycles. The van der Waals surface area contributed by atoms with Crippen LogP contribution in [0.3, 0.4) is 0 Å². The van der Waals surface area contributed by atoms with Gasteiger partial charge in [-0.2, -0.15) is 4.68 Å². The van der Waals surface area contributed by atoms with Gasteiger partial charge in [0.25, 0.3) is 0 Å². The molecule has 1 heterocycles. The first kappa shape index (κ1) is 18.5. The van der Waals surface area contributed by atoms with Crippen molar-refractivity contribution < 1.29 is 4.79 Å². The SMILES string of the molecule is CSc1ccccc1NC(=O)CSc1nnnn1-c1cc(C)cc(C)c1. The van der Waals surface area contributed by atoms with E-state index in [0.717, 1.165) is 27.4 Å². The summed E-state index contributed by atoms with van der Waals surface area (Å²) in [5.41, 5.74) is 3.98. The molecule has 3 rings (SSSR count). The van der Waals surface area contributed by atoms with Crippen LogP contribution in [0.15, 0.2) is 52.5 Å². The number of nitrogens with zero attached hydrogens (tertiary/aromatic N) is 4. The van der Waals surface area contributed by atoms with Gasteiger partial charge in [0.1, 0.15) is 0 Å². The fourth-order valence-corrected chi connectivity index (χ4v) is 3.81. The van der Waals surface area contributed by atoms with Gasteiger partial charge in [-0.25, -0.2) is 0 Å². The van der Waals surface area contributed by atoms with Crippen molar-refractivity contribution in [2.45, 2.75) is 23.9 Å². The Bertz CT molecular complexity index is 905. The molecule has 6 nitrogen and oxygen atoms in total. The van der Waals surface area contributed by atoms with Gasteiger partial charge in [0, 0.05) is 4.90 Å². The largest absolute Gasteiger partial charge is 0.324 e. The van der Waals surface area contributed by atoms with Crippen LogP contribution in [0.2, 0.25) is 0 Å². The first-order valence-corrected chi connectivity index (χ1v) is 10.2. The number of aromatic nitrogens is 4. The highest BCUT2D eigenvalue weighted by molar-refractivity contribution is 7.99. The fourth-order valence-electron chi connectivity index (χ4n) is 2.57. The Morgan fingerprint density at radius 1 is 1.15 bits per heavy atom. The number of carbonyl (C=O) groups is 1. The predicted octanol–water partition coefficient (Wildman–Crippen LogP) is 3.73. The lowest BCUT2D eigenvalue weighted by Gasteiger charge is -2.09. The van der Waals surface area contributed by atoms with Gasteiger partial charge in [0.15, 0.2) is 0 Å². The second-order valence-corrected chi connectivity index (χ2v) is 7.55. The van der Waals surface area contributed by atoms with Crippen LogP contribution in [0, 0.1) is 13.8 Å². The normalized spacial score (nSPS) is 10.7. The average Bonchev–Trinajstić information content (AvgIpc) is 3.08. The summed E-state index contributed by atoms with van der Waals surface area (Å²) < 4.78 is 1.66. The van der Waals surface area contributed by atoms with E-state index in [0.29, 0.717) is 5.16 Å². The molecule has 0 radical (unpaired) electrons. The molecule has 1 aromatic heterocycles. The van der Waals surface area contributed by atoms with Gasteiger partial charge in [0.05, 0.1) is 17.1 Å². The van der Waals surface area contributed by atoms with Crippen molar-refractivity contribution in [2.24, 2.45) is 0 Å². The maximum atomic E-state index is 12.3. The molecule has 8 heteroatoms. The topological polar surface area (TPSA) is 72.7 Å². The smallest absolute Gasteiger partial charge is 0.234 e. The molecule has 0 atom stereocenters. The van der Waals surface area contributed by atoms with Gasteiger partial charge in [-0.15, -0.1) is 16.9 Å². The number of rotatable bonds is 6. The minimum absolute atomic E-state index is 0.0912. The maximum absolute atomic E-state index is 12.3. The van der Waals surface area contributed by atoms with Crippen molar-refractivity contribution in [3.8, 4) is 5.69 Å². The van der Waals surface area contributed by atoms with E-state index in [1.54, 1.807) is 16.4 Å². The van der Waals surface area contributed by atoms with E-state index in [2.05, 4.69) is 26.9 Å². The Morgan fingerprint density at radius 3 is 2.62 bits per heavy atom. The molecular weight excluding hydrogens is 366 g/mol. The number of benzene rings is 2. The van der Waals surface area contributed by atoms with Crippen molar-refractivity contribution in [3.63, 3.8) is 0 Å². The Kier molecular flexibility index (Phi) is 5.95. The van der Waals surface area contributed by atoms with Crippen LogP contribution in [-0.2, 0) is 4.79 Å². The Hall–Kier alpha value is -2.32. The number of thioether (sulfide) groups is 2. The number of hydrogen-bond acceptors (Lipinski definition) is 6. The van der Waals surface area contributed by atoms with E-state index in [4.69, 9.17) is 0 Å². The second-order valence-electron chi connectivity index (χ2n) is 5.76. The third-order valence-corrected chi connectivity index (χ3v) is 5.32. The lowest BCUT2D eigenvalue weighted by atomic mass is 10.1. The number of anilines is 1. The Balaban J connectivity index is 1.69. The van der Waals surface area contributed by atoms with Crippen molar-refractivity contribution in [3.05, 3.63) is 53.6 Å². The van der Waals surface area contributed by atoms with Crippen molar-refractivity contribution in [1.82, 2.24) is 20.2 Å². The van der Waals surface area contributed by atoms with Gasteiger partial charge in [-0.05, 0) is 65.9 Å². The molecule has 0 aliphatic heterocycles. The summed E-state index contributed by atoms with van der Waals surface area (Å²) >= 11 is 2.91. The van der Waals surface area contributed by atoms with Crippen LogP contribution in [0.5, 0.6) is 0 Å². The first-order valence-electron chi connectivity index (χ1n) is 7.99. The number of hydrogen-bond donors (Lipinski definition) is 1. The summed E-state index contributed by atoms with van der Waals surface area (Å²) in [5.74, 6) is 0.139. The number of carbonyl (C=O) groups excluding carboxylic acids is 1. The molecule has 1 amide bonds. The summed E-state index contributed by atoms with van der Waals surface area (Å²) in [6.45, 7) is 4.06. The molecule has 1 N–H and O–H groups in total. The molecule has 0 fully saturated rings. The Labute approximate surface area is 160 Å². The van der Waals surface area contributed by atoms with E-state index in [1.165, 1.54) is 11.8 Å². The van der Waals surface area contributed by atoms with E-state index < -0.39 is 0 Å². The van der Waals surface area contributed by atoms with Gasteiger partial charge < -0.3 is 5.32 Å². The minimum Gasteiger partial charge on any atom is -0.324 e. The summed E-state index contributed by atoms with van der Waals surface area (Å²) in [7, 11) is 0. The molecular formula is C18H19N5OS2. The molecule has 0 saturated carbocycles. The van der Waals surface area contributed by atoms with Gasteiger partial charge in [-0.1, -0.05) is 30.0 Å². The van der Waals surface area contributed by atoms with Crippen molar-refractivity contribution in [2.75, 3.05) is 17.3 Å². The number of amides is 1. The van der Waals surface area contributed by atoms with Crippen molar-refractivity contribution in [1.29, 1.82) is 0 Å². The fraction of sp³-hybridized carbons (Fsp3) is 0.222. The third kappa shape index (κ3) is 4.44. The molecule has 0 aliphatic rings. The highest BCUT2D eigenvalue weighted by atomic mass is 32.2. The van der Waals surface area contributed by atoms with Gasteiger partial charge in [0.2, 0.25) is 11.1 Å². The molecule has 2 aromatic carbocycles. The Morgan fingerprint density at radius 2 is 1.88 bits per heavy atom. The highest BCUT2D eigenvalue weighted by Crippen LogP contribution is 2.25. The maximum Gasteiger partial charge on any atom is 0.234 e. The molecule has 0 aliphatic carbocycles. The average molecular weight is 386 g/mol. The summed E-state index contributed by atoms with van der Waals surface area (Å²) in [4.78, 5) is 13.3.